The summed E-state index contributed by atoms with van der Waals surface area (Å²) >= 11 is 0. The molecule has 0 unspecified atom stereocenters. The number of ether oxygens (including phenoxy) is 2. The van der Waals surface area contributed by atoms with Crippen LogP contribution in [0.1, 0.15) is 36.0 Å². The molecule has 0 N–H and O–H groups in total. The third-order valence-electron chi connectivity index (χ3n) is 3.78. The lowest BCUT2D eigenvalue weighted by Crippen LogP contribution is -2.32. The maximum Gasteiger partial charge on any atom is 0.341 e. The summed E-state index contributed by atoms with van der Waals surface area (Å²) in [7, 11) is -0.935. The van der Waals surface area contributed by atoms with Gasteiger partial charge in [-0.15, -0.1) is 0 Å². The van der Waals surface area contributed by atoms with Gasteiger partial charge in [-0.3, -0.25) is 0 Å². The van der Waals surface area contributed by atoms with E-state index >= 15 is 0 Å². The Morgan fingerprint density at radius 1 is 1.09 bits per heavy atom. The molecule has 1 heterocycles. The van der Waals surface area contributed by atoms with Gasteiger partial charge in [0.05, 0.1) is 19.1 Å². The van der Waals surface area contributed by atoms with Crippen LogP contribution in [0.4, 0.5) is 0 Å². The zero-order valence-electron chi connectivity index (χ0n) is 12.9. The maximum absolute atomic E-state index is 12.7. The number of benzene rings is 1. The van der Waals surface area contributed by atoms with E-state index in [-0.39, 0.29) is 10.5 Å². The number of methoxy groups -OCH3 is 2. The van der Waals surface area contributed by atoms with Gasteiger partial charge in [-0.25, -0.2) is 13.2 Å². The molecule has 22 heavy (non-hydrogen) atoms. The molecule has 0 bridgehead atoms. The molecular formula is C15H21NO5S. The monoisotopic (exact) mass is 327 g/mol. The Morgan fingerprint density at radius 3 is 2.27 bits per heavy atom. The molecule has 0 atom stereocenters. The van der Waals surface area contributed by atoms with Crippen molar-refractivity contribution in [2.75, 3.05) is 27.3 Å². The zero-order valence-corrected chi connectivity index (χ0v) is 13.7. The number of nitrogens with zero attached hydrogens (tertiary/aromatic N) is 1. The van der Waals surface area contributed by atoms with Crippen LogP contribution in [0.25, 0.3) is 0 Å². The summed E-state index contributed by atoms with van der Waals surface area (Å²) in [5, 5.41) is 0. The first-order valence-corrected chi connectivity index (χ1v) is 8.71. The smallest absolute Gasteiger partial charge is 0.341 e. The highest BCUT2D eigenvalue weighted by atomic mass is 32.2. The van der Waals surface area contributed by atoms with E-state index in [1.165, 1.54) is 36.7 Å². The molecule has 1 aliphatic heterocycles. The Bertz CT molecular complexity index is 633. The van der Waals surface area contributed by atoms with E-state index in [0.29, 0.717) is 18.8 Å². The second-order valence-electron chi connectivity index (χ2n) is 5.17. The van der Waals surface area contributed by atoms with Crippen molar-refractivity contribution in [3.05, 3.63) is 23.8 Å². The third-order valence-corrected chi connectivity index (χ3v) is 5.67. The molecule has 0 amide bonds. The van der Waals surface area contributed by atoms with Gasteiger partial charge in [0.15, 0.2) is 0 Å². The number of esters is 1. The number of rotatable bonds is 4. The van der Waals surface area contributed by atoms with E-state index in [1.54, 1.807) is 0 Å². The summed E-state index contributed by atoms with van der Waals surface area (Å²) in [6.07, 6.45) is 3.81. The quantitative estimate of drug-likeness (QED) is 0.791. The minimum Gasteiger partial charge on any atom is -0.496 e. The van der Waals surface area contributed by atoms with E-state index in [4.69, 9.17) is 4.74 Å². The van der Waals surface area contributed by atoms with Crippen molar-refractivity contribution in [3.63, 3.8) is 0 Å². The molecule has 1 fully saturated rings. The number of hydrogen-bond donors (Lipinski definition) is 0. The number of carbonyl (C=O) groups excluding carboxylic acids is 1. The van der Waals surface area contributed by atoms with Crippen LogP contribution in [0.5, 0.6) is 5.75 Å². The molecule has 1 saturated heterocycles. The van der Waals surface area contributed by atoms with Crippen LogP contribution in [0.15, 0.2) is 23.1 Å². The predicted octanol–water partition coefficient (Wildman–Crippen LogP) is 2.05. The normalized spacial score (nSPS) is 16.8. The standard InChI is InChI=1S/C15H21NO5S/c1-20-14-8-7-12(11-13(14)15(17)21-2)22(18,19)16-9-5-3-4-6-10-16/h7-8,11H,3-6,9-10H2,1-2H3. The van der Waals surface area contributed by atoms with E-state index in [0.717, 1.165) is 25.7 Å². The average molecular weight is 327 g/mol. The van der Waals surface area contributed by atoms with Gasteiger partial charge < -0.3 is 9.47 Å². The molecule has 0 saturated carbocycles. The zero-order chi connectivity index (χ0) is 16.2. The molecule has 122 valence electrons. The van der Waals surface area contributed by atoms with Crippen molar-refractivity contribution in [3.8, 4) is 5.75 Å². The Morgan fingerprint density at radius 2 is 1.73 bits per heavy atom. The molecule has 0 aromatic heterocycles. The van der Waals surface area contributed by atoms with Crippen LogP contribution in [-0.4, -0.2) is 46.0 Å². The van der Waals surface area contributed by atoms with Crippen LogP contribution in [0, 0.1) is 0 Å². The number of hydrogen-bond acceptors (Lipinski definition) is 5. The number of sulfonamides is 1. The molecule has 1 aromatic rings. The first kappa shape index (κ1) is 16.8. The van der Waals surface area contributed by atoms with Crippen LogP contribution >= 0.6 is 0 Å². The highest BCUT2D eigenvalue weighted by Crippen LogP contribution is 2.26. The van der Waals surface area contributed by atoms with Crippen molar-refractivity contribution in [1.29, 1.82) is 0 Å². The fraction of sp³-hybridized carbons (Fsp3) is 0.533. The van der Waals surface area contributed by atoms with Crippen molar-refractivity contribution < 1.29 is 22.7 Å². The third kappa shape index (κ3) is 3.41. The van der Waals surface area contributed by atoms with Gasteiger partial charge in [0, 0.05) is 13.1 Å². The first-order chi connectivity index (χ1) is 10.5. The summed E-state index contributed by atoms with van der Waals surface area (Å²) in [5.41, 5.74) is 0.112. The van der Waals surface area contributed by atoms with Crippen molar-refractivity contribution in [1.82, 2.24) is 4.31 Å². The van der Waals surface area contributed by atoms with E-state index in [1.807, 2.05) is 0 Å². The Hall–Kier alpha value is -1.60. The number of carbonyl (C=O) groups is 1. The minimum atomic E-state index is -3.60. The fourth-order valence-electron chi connectivity index (χ4n) is 2.55. The minimum absolute atomic E-state index is 0.0931. The molecular weight excluding hydrogens is 306 g/mol. The summed E-state index contributed by atoms with van der Waals surface area (Å²) in [6.45, 7) is 1.03. The van der Waals surface area contributed by atoms with Gasteiger partial charge in [0.2, 0.25) is 10.0 Å². The van der Waals surface area contributed by atoms with Gasteiger partial charge in [-0.05, 0) is 31.0 Å². The van der Waals surface area contributed by atoms with Crippen LogP contribution in [0.3, 0.4) is 0 Å². The lowest BCUT2D eigenvalue weighted by molar-refractivity contribution is 0.0597. The molecule has 0 radical (unpaired) electrons. The van der Waals surface area contributed by atoms with Crippen LogP contribution in [-0.2, 0) is 14.8 Å². The molecule has 1 aromatic carbocycles. The Balaban J connectivity index is 2.40. The van der Waals surface area contributed by atoms with Crippen LogP contribution in [0.2, 0.25) is 0 Å². The largest absolute Gasteiger partial charge is 0.496 e. The molecule has 1 aliphatic rings. The SMILES string of the molecule is COC(=O)c1cc(S(=O)(=O)N2CCCCCC2)ccc1OC. The van der Waals surface area contributed by atoms with Gasteiger partial charge in [0.25, 0.3) is 0 Å². The fourth-order valence-corrected chi connectivity index (χ4v) is 4.09. The van der Waals surface area contributed by atoms with Gasteiger partial charge in [0.1, 0.15) is 11.3 Å². The van der Waals surface area contributed by atoms with E-state index < -0.39 is 16.0 Å². The molecule has 2 rings (SSSR count). The summed E-state index contributed by atoms with van der Waals surface area (Å²) in [5.74, 6) is -0.327. The van der Waals surface area contributed by atoms with Crippen molar-refractivity contribution in [2.45, 2.75) is 30.6 Å². The Kier molecular flexibility index (Phi) is 5.42. The van der Waals surface area contributed by atoms with E-state index in [9.17, 15) is 13.2 Å². The maximum atomic E-state index is 12.7. The summed E-state index contributed by atoms with van der Waals surface area (Å²) in [4.78, 5) is 11.9. The van der Waals surface area contributed by atoms with Crippen molar-refractivity contribution >= 4 is 16.0 Å². The molecule has 0 aliphatic carbocycles. The van der Waals surface area contributed by atoms with Gasteiger partial charge >= 0.3 is 5.97 Å². The van der Waals surface area contributed by atoms with E-state index in [2.05, 4.69) is 4.74 Å². The predicted molar refractivity (Wildman–Crippen MR) is 81.6 cm³/mol. The van der Waals surface area contributed by atoms with Crippen LogP contribution < -0.4 is 4.74 Å². The lowest BCUT2D eigenvalue weighted by atomic mass is 10.2. The molecule has 6 nitrogen and oxygen atoms in total. The first-order valence-electron chi connectivity index (χ1n) is 7.27. The van der Waals surface area contributed by atoms with Gasteiger partial charge in [-0.1, -0.05) is 12.8 Å². The highest BCUT2D eigenvalue weighted by Gasteiger charge is 2.27. The second kappa shape index (κ2) is 7.11. The second-order valence-corrected chi connectivity index (χ2v) is 7.11. The summed E-state index contributed by atoms with van der Waals surface area (Å²) < 4.78 is 36.7. The lowest BCUT2D eigenvalue weighted by Gasteiger charge is -2.20. The van der Waals surface area contributed by atoms with Crippen molar-refractivity contribution in [2.24, 2.45) is 0 Å². The van der Waals surface area contributed by atoms with Gasteiger partial charge in [-0.2, -0.15) is 4.31 Å². The molecule has 0 spiro atoms. The Labute approximate surface area is 131 Å². The topological polar surface area (TPSA) is 72.9 Å². The highest BCUT2D eigenvalue weighted by molar-refractivity contribution is 7.89. The summed E-state index contributed by atoms with van der Waals surface area (Å²) in [6, 6.07) is 4.27. The molecule has 7 heteroatoms. The average Bonchev–Trinajstić information content (AvgIpc) is 2.83.